The SMILES string of the molecule is COc1ccc(CNCc2cccc(OCC(C)C)c2)cc1. The molecule has 0 heterocycles. The third-order valence-electron chi connectivity index (χ3n) is 3.30. The van der Waals surface area contributed by atoms with Gasteiger partial charge in [0, 0.05) is 13.1 Å². The monoisotopic (exact) mass is 299 g/mol. The molecule has 0 bridgehead atoms. The Balaban J connectivity index is 1.81. The summed E-state index contributed by atoms with van der Waals surface area (Å²) in [5.74, 6) is 2.37. The van der Waals surface area contributed by atoms with E-state index < -0.39 is 0 Å². The highest BCUT2D eigenvalue weighted by molar-refractivity contribution is 5.29. The highest BCUT2D eigenvalue weighted by Crippen LogP contribution is 2.15. The van der Waals surface area contributed by atoms with Crippen molar-refractivity contribution >= 4 is 0 Å². The lowest BCUT2D eigenvalue weighted by atomic mass is 10.2. The third-order valence-corrected chi connectivity index (χ3v) is 3.30. The van der Waals surface area contributed by atoms with Gasteiger partial charge in [-0.15, -0.1) is 0 Å². The molecular formula is C19H25NO2. The Morgan fingerprint density at radius 3 is 2.32 bits per heavy atom. The minimum Gasteiger partial charge on any atom is -0.497 e. The molecule has 0 atom stereocenters. The zero-order chi connectivity index (χ0) is 15.8. The molecule has 0 amide bonds. The zero-order valence-corrected chi connectivity index (χ0v) is 13.6. The summed E-state index contributed by atoms with van der Waals surface area (Å²) >= 11 is 0. The second kappa shape index (κ2) is 8.44. The normalized spacial score (nSPS) is 10.7. The fourth-order valence-corrected chi connectivity index (χ4v) is 2.10. The van der Waals surface area contributed by atoms with Gasteiger partial charge in [0.25, 0.3) is 0 Å². The molecule has 2 rings (SSSR count). The minimum atomic E-state index is 0.539. The fourth-order valence-electron chi connectivity index (χ4n) is 2.10. The lowest BCUT2D eigenvalue weighted by molar-refractivity contribution is 0.271. The first-order chi connectivity index (χ1) is 10.7. The molecule has 0 saturated heterocycles. The Kier molecular flexibility index (Phi) is 6.28. The van der Waals surface area contributed by atoms with Gasteiger partial charge in [-0.25, -0.2) is 0 Å². The van der Waals surface area contributed by atoms with Crippen molar-refractivity contribution in [3.8, 4) is 11.5 Å². The van der Waals surface area contributed by atoms with E-state index in [4.69, 9.17) is 9.47 Å². The zero-order valence-electron chi connectivity index (χ0n) is 13.6. The van der Waals surface area contributed by atoms with Gasteiger partial charge in [-0.3, -0.25) is 0 Å². The van der Waals surface area contributed by atoms with Crippen LogP contribution in [0.3, 0.4) is 0 Å². The van der Waals surface area contributed by atoms with E-state index in [1.54, 1.807) is 7.11 Å². The van der Waals surface area contributed by atoms with Gasteiger partial charge >= 0.3 is 0 Å². The quantitative estimate of drug-likeness (QED) is 0.798. The molecule has 0 aliphatic heterocycles. The Labute approximate surface area is 133 Å². The van der Waals surface area contributed by atoms with Gasteiger partial charge in [0.2, 0.25) is 0 Å². The van der Waals surface area contributed by atoms with Crippen LogP contribution in [-0.2, 0) is 13.1 Å². The van der Waals surface area contributed by atoms with Crippen molar-refractivity contribution in [2.45, 2.75) is 26.9 Å². The van der Waals surface area contributed by atoms with Crippen LogP contribution in [0.4, 0.5) is 0 Å². The van der Waals surface area contributed by atoms with Crippen molar-refractivity contribution < 1.29 is 9.47 Å². The largest absolute Gasteiger partial charge is 0.497 e. The Hall–Kier alpha value is -2.00. The minimum absolute atomic E-state index is 0.539. The number of nitrogens with one attached hydrogen (secondary N) is 1. The van der Waals surface area contributed by atoms with Gasteiger partial charge < -0.3 is 14.8 Å². The Morgan fingerprint density at radius 2 is 1.64 bits per heavy atom. The van der Waals surface area contributed by atoms with E-state index in [0.29, 0.717) is 5.92 Å². The van der Waals surface area contributed by atoms with Gasteiger partial charge in [0.05, 0.1) is 13.7 Å². The van der Waals surface area contributed by atoms with Crippen LogP contribution in [-0.4, -0.2) is 13.7 Å². The van der Waals surface area contributed by atoms with Crippen LogP contribution in [0.1, 0.15) is 25.0 Å². The third kappa shape index (κ3) is 5.41. The van der Waals surface area contributed by atoms with E-state index in [1.165, 1.54) is 11.1 Å². The van der Waals surface area contributed by atoms with E-state index in [-0.39, 0.29) is 0 Å². The molecule has 22 heavy (non-hydrogen) atoms. The standard InChI is InChI=1S/C19H25NO2/c1-15(2)14-22-19-6-4-5-17(11-19)13-20-12-16-7-9-18(21-3)10-8-16/h4-11,15,20H,12-14H2,1-3H3. The number of benzene rings is 2. The summed E-state index contributed by atoms with van der Waals surface area (Å²) in [6.45, 7) is 6.72. The average molecular weight is 299 g/mol. The van der Waals surface area contributed by atoms with Gasteiger partial charge in [-0.2, -0.15) is 0 Å². The predicted molar refractivity (Wildman–Crippen MR) is 90.3 cm³/mol. The summed E-state index contributed by atoms with van der Waals surface area (Å²) < 4.78 is 10.9. The van der Waals surface area contributed by atoms with Gasteiger partial charge in [0.15, 0.2) is 0 Å². The highest BCUT2D eigenvalue weighted by atomic mass is 16.5. The summed E-state index contributed by atoms with van der Waals surface area (Å²) in [5, 5.41) is 3.45. The first-order valence-electron chi connectivity index (χ1n) is 7.73. The van der Waals surface area contributed by atoms with Crippen molar-refractivity contribution in [3.05, 3.63) is 59.7 Å². The molecule has 0 unspecified atom stereocenters. The molecule has 0 aromatic heterocycles. The molecule has 3 nitrogen and oxygen atoms in total. The van der Waals surface area contributed by atoms with Gasteiger partial charge in [-0.05, 0) is 41.3 Å². The van der Waals surface area contributed by atoms with Gasteiger partial charge in [-0.1, -0.05) is 38.1 Å². The molecule has 1 N–H and O–H groups in total. The number of hydrogen-bond acceptors (Lipinski definition) is 3. The summed E-state index contributed by atoms with van der Waals surface area (Å²) in [6.07, 6.45) is 0. The first-order valence-corrected chi connectivity index (χ1v) is 7.73. The van der Waals surface area contributed by atoms with E-state index in [9.17, 15) is 0 Å². The van der Waals surface area contributed by atoms with Crippen molar-refractivity contribution in [2.75, 3.05) is 13.7 Å². The summed E-state index contributed by atoms with van der Waals surface area (Å²) in [6, 6.07) is 16.4. The molecule has 2 aromatic carbocycles. The number of hydrogen-bond donors (Lipinski definition) is 1. The molecular weight excluding hydrogens is 274 g/mol. The van der Waals surface area contributed by atoms with Crippen molar-refractivity contribution in [2.24, 2.45) is 5.92 Å². The van der Waals surface area contributed by atoms with Crippen LogP contribution in [0, 0.1) is 5.92 Å². The van der Waals surface area contributed by atoms with E-state index in [1.807, 2.05) is 24.3 Å². The van der Waals surface area contributed by atoms with E-state index in [2.05, 4.69) is 43.4 Å². The molecule has 0 spiro atoms. The maximum Gasteiger partial charge on any atom is 0.119 e. The molecule has 0 saturated carbocycles. The van der Waals surface area contributed by atoms with E-state index in [0.717, 1.165) is 31.2 Å². The highest BCUT2D eigenvalue weighted by Gasteiger charge is 2.00. The van der Waals surface area contributed by atoms with E-state index >= 15 is 0 Å². The molecule has 3 heteroatoms. The van der Waals surface area contributed by atoms with Crippen LogP contribution in [0.2, 0.25) is 0 Å². The molecule has 0 fully saturated rings. The van der Waals surface area contributed by atoms with Crippen molar-refractivity contribution in [1.82, 2.24) is 5.32 Å². The first kappa shape index (κ1) is 16.4. The maximum absolute atomic E-state index is 5.76. The molecule has 0 aliphatic rings. The van der Waals surface area contributed by atoms with Crippen LogP contribution < -0.4 is 14.8 Å². The lowest BCUT2D eigenvalue weighted by Gasteiger charge is -2.10. The van der Waals surface area contributed by atoms with Crippen LogP contribution in [0.5, 0.6) is 11.5 Å². The summed E-state index contributed by atoms with van der Waals surface area (Å²) in [4.78, 5) is 0. The van der Waals surface area contributed by atoms with Gasteiger partial charge in [0.1, 0.15) is 11.5 Å². The smallest absolute Gasteiger partial charge is 0.119 e. The molecule has 2 aromatic rings. The summed E-state index contributed by atoms with van der Waals surface area (Å²) in [7, 11) is 1.68. The number of rotatable bonds is 8. The Bertz CT molecular complexity index is 564. The fraction of sp³-hybridized carbons (Fsp3) is 0.368. The second-order valence-corrected chi connectivity index (χ2v) is 5.80. The molecule has 0 aliphatic carbocycles. The Morgan fingerprint density at radius 1 is 0.909 bits per heavy atom. The van der Waals surface area contributed by atoms with Crippen LogP contribution >= 0.6 is 0 Å². The number of methoxy groups -OCH3 is 1. The topological polar surface area (TPSA) is 30.5 Å². The second-order valence-electron chi connectivity index (χ2n) is 5.80. The maximum atomic E-state index is 5.76. The average Bonchev–Trinajstić information content (AvgIpc) is 2.54. The van der Waals surface area contributed by atoms with Crippen LogP contribution in [0.15, 0.2) is 48.5 Å². The predicted octanol–water partition coefficient (Wildman–Crippen LogP) is 4.02. The lowest BCUT2D eigenvalue weighted by Crippen LogP contribution is -2.12. The molecule has 0 radical (unpaired) electrons. The van der Waals surface area contributed by atoms with Crippen molar-refractivity contribution in [3.63, 3.8) is 0 Å². The molecule has 118 valence electrons. The summed E-state index contributed by atoms with van der Waals surface area (Å²) in [5.41, 5.74) is 2.47. The van der Waals surface area contributed by atoms with Crippen molar-refractivity contribution in [1.29, 1.82) is 0 Å². The van der Waals surface area contributed by atoms with Crippen LogP contribution in [0.25, 0.3) is 0 Å². The number of ether oxygens (including phenoxy) is 2.